The SMILES string of the molecule is CCCNC(CCCc1ccccc1)C1CSCCN1C. The van der Waals surface area contributed by atoms with Gasteiger partial charge in [0.05, 0.1) is 0 Å². The molecule has 1 heterocycles. The quantitative estimate of drug-likeness (QED) is 0.792. The average Bonchev–Trinajstić information content (AvgIpc) is 2.52. The fourth-order valence-corrected chi connectivity index (χ4v) is 4.37. The first-order chi connectivity index (χ1) is 10.3. The molecule has 1 N–H and O–H groups in total. The zero-order chi connectivity index (χ0) is 14.9. The molecule has 0 aliphatic carbocycles. The number of likely N-dealkylation sites (N-methyl/N-ethyl adjacent to an activating group) is 1. The second kappa shape index (κ2) is 9.50. The van der Waals surface area contributed by atoms with Crippen molar-refractivity contribution < 1.29 is 0 Å². The summed E-state index contributed by atoms with van der Waals surface area (Å²) in [6, 6.07) is 12.2. The van der Waals surface area contributed by atoms with Gasteiger partial charge in [-0.15, -0.1) is 0 Å². The van der Waals surface area contributed by atoms with Crippen molar-refractivity contribution in [2.45, 2.75) is 44.7 Å². The lowest BCUT2D eigenvalue weighted by atomic mass is 9.99. The predicted molar refractivity (Wildman–Crippen MR) is 95.2 cm³/mol. The molecule has 2 nitrogen and oxygen atoms in total. The summed E-state index contributed by atoms with van der Waals surface area (Å²) in [5.41, 5.74) is 1.47. The lowest BCUT2D eigenvalue weighted by molar-refractivity contribution is 0.206. The number of hydrogen-bond donors (Lipinski definition) is 1. The van der Waals surface area contributed by atoms with Gasteiger partial charge in [-0.2, -0.15) is 11.8 Å². The van der Waals surface area contributed by atoms with Crippen molar-refractivity contribution in [2.24, 2.45) is 0 Å². The minimum Gasteiger partial charge on any atom is -0.312 e. The van der Waals surface area contributed by atoms with Gasteiger partial charge < -0.3 is 10.2 Å². The molecule has 1 aliphatic rings. The van der Waals surface area contributed by atoms with Crippen LogP contribution in [0.15, 0.2) is 30.3 Å². The Balaban J connectivity index is 1.83. The van der Waals surface area contributed by atoms with Gasteiger partial charge in [-0.05, 0) is 44.8 Å². The molecule has 0 bridgehead atoms. The number of aryl methyl sites for hydroxylation is 1. The molecule has 0 radical (unpaired) electrons. The van der Waals surface area contributed by atoms with Crippen molar-refractivity contribution in [2.75, 3.05) is 31.6 Å². The molecule has 2 unspecified atom stereocenters. The van der Waals surface area contributed by atoms with Crippen LogP contribution in [0, 0.1) is 0 Å². The fraction of sp³-hybridized carbons (Fsp3) is 0.667. The molecule has 1 saturated heterocycles. The summed E-state index contributed by atoms with van der Waals surface area (Å²) >= 11 is 2.12. The standard InChI is InChI=1S/C18H30N2S/c1-3-12-19-17(18-15-21-14-13-20(18)2)11-7-10-16-8-5-4-6-9-16/h4-6,8-9,17-19H,3,7,10-15H2,1-2H3. The number of hydrogen-bond acceptors (Lipinski definition) is 3. The molecule has 0 amide bonds. The third kappa shape index (κ3) is 5.65. The van der Waals surface area contributed by atoms with Gasteiger partial charge in [0.2, 0.25) is 0 Å². The summed E-state index contributed by atoms with van der Waals surface area (Å²) in [5.74, 6) is 2.57. The smallest absolute Gasteiger partial charge is 0.0337 e. The van der Waals surface area contributed by atoms with Gasteiger partial charge in [-0.25, -0.2) is 0 Å². The van der Waals surface area contributed by atoms with Gasteiger partial charge in [0.25, 0.3) is 0 Å². The van der Waals surface area contributed by atoms with E-state index in [0.29, 0.717) is 12.1 Å². The molecule has 3 heteroatoms. The Labute approximate surface area is 134 Å². The Morgan fingerprint density at radius 3 is 2.86 bits per heavy atom. The molecule has 1 aliphatic heterocycles. The van der Waals surface area contributed by atoms with Crippen LogP contribution in [0.4, 0.5) is 0 Å². The predicted octanol–water partition coefficient (Wildman–Crippen LogP) is 3.42. The molecule has 0 saturated carbocycles. The molecule has 2 atom stereocenters. The Morgan fingerprint density at radius 2 is 2.14 bits per heavy atom. The van der Waals surface area contributed by atoms with Crippen LogP contribution in [-0.2, 0) is 6.42 Å². The van der Waals surface area contributed by atoms with Crippen molar-refractivity contribution in [1.82, 2.24) is 10.2 Å². The van der Waals surface area contributed by atoms with Crippen LogP contribution < -0.4 is 5.32 Å². The van der Waals surface area contributed by atoms with Crippen LogP contribution in [0.25, 0.3) is 0 Å². The minimum absolute atomic E-state index is 0.645. The molecule has 0 aromatic heterocycles. The lowest BCUT2D eigenvalue weighted by Crippen LogP contribution is -2.52. The summed E-state index contributed by atoms with van der Waals surface area (Å²) in [4.78, 5) is 2.56. The zero-order valence-corrected chi connectivity index (χ0v) is 14.4. The molecule has 21 heavy (non-hydrogen) atoms. The van der Waals surface area contributed by atoms with E-state index in [1.807, 2.05) is 0 Å². The molecule has 1 fully saturated rings. The van der Waals surface area contributed by atoms with Gasteiger partial charge in [-0.1, -0.05) is 37.3 Å². The van der Waals surface area contributed by atoms with Crippen LogP contribution in [0.1, 0.15) is 31.7 Å². The highest BCUT2D eigenvalue weighted by atomic mass is 32.2. The molecular formula is C18H30N2S. The first-order valence-electron chi connectivity index (χ1n) is 8.36. The van der Waals surface area contributed by atoms with Gasteiger partial charge >= 0.3 is 0 Å². The molecule has 0 spiro atoms. The fourth-order valence-electron chi connectivity index (χ4n) is 3.06. The minimum atomic E-state index is 0.645. The molecule has 2 rings (SSSR count). The van der Waals surface area contributed by atoms with Crippen LogP contribution in [-0.4, -0.2) is 48.6 Å². The Hall–Kier alpha value is -0.510. The van der Waals surface area contributed by atoms with Crippen molar-refractivity contribution in [3.05, 3.63) is 35.9 Å². The van der Waals surface area contributed by atoms with Gasteiger partial charge in [0.1, 0.15) is 0 Å². The lowest BCUT2D eigenvalue weighted by Gasteiger charge is -2.38. The molecular weight excluding hydrogens is 276 g/mol. The van der Waals surface area contributed by atoms with Gasteiger partial charge in [-0.3, -0.25) is 0 Å². The van der Waals surface area contributed by atoms with Crippen molar-refractivity contribution in [3.8, 4) is 0 Å². The summed E-state index contributed by atoms with van der Waals surface area (Å²) < 4.78 is 0. The van der Waals surface area contributed by atoms with E-state index in [1.165, 1.54) is 49.3 Å². The Kier molecular flexibility index (Phi) is 7.62. The summed E-state index contributed by atoms with van der Waals surface area (Å²) in [6.07, 6.45) is 4.98. The zero-order valence-electron chi connectivity index (χ0n) is 13.6. The normalized spacial score (nSPS) is 21.3. The second-order valence-corrected chi connectivity index (χ2v) is 7.21. The van der Waals surface area contributed by atoms with Crippen LogP contribution >= 0.6 is 11.8 Å². The second-order valence-electron chi connectivity index (χ2n) is 6.06. The third-order valence-electron chi connectivity index (χ3n) is 4.39. The van der Waals surface area contributed by atoms with Crippen LogP contribution in [0.3, 0.4) is 0 Å². The van der Waals surface area contributed by atoms with E-state index in [4.69, 9.17) is 0 Å². The Bertz CT molecular complexity index is 382. The number of thioether (sulfide) groups is 1. The Morgan fingerprint density at radius 1 is 1.33 bits per heavy atom. The number of benzene rings is 1. The van der Waals surface area contributed by atoms with E-state index < -0.39 is 0 Å². The number of nitrogens with one attached hydrogen (secondary N) is 1. The van der Waals surface area contributed by atoms with Gasteiger partial charge in [0, 0.05) is 30.1 Å². The highest BCUT2D eigenvalue weighted by Crippen LogP contribution is 2.20. The van der Waals surface area contributed by atoms with Crippen LogP contribution in [0.2, 0.25) is 0 Å². The summed E-state index contributed by atoms with van der Waals surface area (Å²) in [6.45, 7) is 4.64. The van der Waals surface area contributed by atoms with E-state index >= 15 is 0 Å². The van der Waals surface area contributed by atoms with Crippen molar-refractivity contribution >= 4 is 11.8 Å². The first-order valence-corrected chi connectivity index (χ1v) is 9.52. The van der Waals surface area contributed by atoms with E-state index in [9.17, 15) is 0 Å². The monoisotopic (exact) mass is 306 g/mol. The highest BCUT2D eigenvalue weighted by molar-refractivity contribution is 7.99. The van der Waals surface area contributed by atoms with E-state index in [-0.39, 0.29) is 0 Å². The number of nitrogens with zero attached hydrogens (tertiary/aromatic N) is 1. The number of rotatable bonds is 8. The maximum atomic E-state index is 3.80. The van der Waals surface area contributed by atoms with Gasteiger partial charge in [0.15, 0.2) is 0 Å². The van der Waals surface area contributed by atoms with E-state index in [1.54, 1.807) is 0 Å². The molecule has 1 aromatic carbocycles. The highest BCUT2D eigenvalue weighted by Gasteiger charge is 2.27. The summed E-state index contributed by atoms with van der Waals surface area (Å²) in [7, 11) is 2.29. The molecule has 1 aromatic rings. The van der Waals surface area contributed by atoms with Crippen molar-refractivity contribution in [1.29, 1.82) is 0 Å². The third-order valence-corrected chi connectivity index (χ3v) is 5.44. The van der Waals surface area contributed by atoms with Crippen LogP contribution in [0.5, 0.6) is 0 Å². The summed E-state index contributed by atoms with van der Waals surface area (Å²) in [5, 5.41) is 3.80. The molecule has 118 valence electrons. The first kappa shape index (κ1) is 16.9. The van der Waals surface area contributed by atoms with E-state index in [0.717, 1.165) is 6.54 Å². The maximum absolute atomic E-state index is 3.80. The van der Waals surface area contributed by atoms with E-state index in [2.05, 4.69) is 66.3 Å². The largest absolute Gasteiger partial charge is 0.312 e. The average molecular weight is 307 g/mol. The maximum Gasteiger partial charge on any atom is 0.0337 e. The topological polar surface area (TPSA) is 15.3 Å². The van der Waals surface area contributed by atoms with Crippen molar-refractivity contribution in [3.63, 3.8) is 0 Å².